The zero-order chi connectivity index (χ0) is 12.1. The van der Waals surface area contributed by atoms with Crippen molar-refractivity contribution in [1.82, 2.24) is 25.5 Å². The number of carbonyl (C=O) groups is 1. The van der Waals surface area contributed by atoms with Crippen LogP contribution in [0.2, 0.25) is 0 Å². The number of nitrogens with one attached hydrogen (secondary N) is 1. The molecule has 0 unspecified atom stereocenters. The number of carbonyl (C=O) groups excluding carboxylic acids is 1. The molecule has 0 aliphatic heterocycles. The van der Waals surface area contributed by atoms with E-state index < -0.39 is 0 Å². The molecular formula is C9H15N5O2S. The fourth-order valence-corrected chi connectivity index (χ4v) is 2.09. The second-order valence-electron chi connectivity index (χ2n) is 3.85. The van der Waals surface area contributed by atoms with Crippen molar-refractivity contribution < 1.29 is 9.90 Å². The van der Waals surface area contributed by atoms with E-state index in [1.807, 2.05) is 0 Å². The lowest BCUT2D eigenvalue weighted by atomic mass is 10.4. The van der Waals surface area contributed by atoms with Crippen LogP contribution in [0.1, 0.15) is 25.3 Å². The lowest BCUT2D eigenvalue weighted by Crippen LogP contribution is -2.26. The van der Waals surface area contributed by atoms with Crippen LogP contribution >= 0.6 is 11.8 Å². The first-order valence-corrected chi connectivity index (χ1v) is 6.58. The Morgan fingerprint density at radius 3 is 3.12 bits per heavy atom. The van der Waals surface area contributed by atoms with E-state index in [1.54, 1.807) is 4.68 Å². The Morgan fingerprint density at radius 1 is 1.59 bits per heavy atom. The fraction of sp³-hybridized carbons (Fsp3) is 0.778. The van der Waals surface area contributed by atoms with Crippen LogP contribution in [-0.2, 0) is 4.79 Å². The second kappa shape index (κ2) is 5.97. The summed E-state index contributed by atoms with van der Waals surface area (Å²) in [5.41, 5.74) is 0. The number of amides is 1. The molecule has 8 heteroatoms. The van der Waals surface area contributed by atoms with Crippen LogP contribution in [-0.4, -0.2) is 50.1 Å². The molecule has 0 radical (unpaired) electrons. The average molecular weight is 257 g/mol. The third kappa shape index (κ3) is 3.67. The van der Waals surface area contributed by atoms with Crippen LogP contribution in [0.5, 0.6) is 0 Å². The predicted octanol–water partition coefficient (Wildman–Crippen LogP) is -0.401. The second-order valence-corrected chi connectivity index (χ2v) is 4.80. The molecule has 2 rings (SSSR count). The van der Waals surface area contributed by atoms with Crippen LogP contribution in [0.25, 0.3) is 0 Å². The Labute approximate surface area is 103 Å². The van der Waals surface area contributed by atoms with Crippen molar-refractivity contribution in [3.8, 4) is 0 Å². The highest BCUT2D eigenvalue weighted by molar-refractivity contribution is 7.99. The van der Waals surface area contributed by atoms with Crippen LogP contribution < -0.4 is 5.32 Å². The summed E-state index contributed by atoms with van der Waals surface area (Å²) >= 11 is 1.34. The zero-order valence-electron chi connectivity index (χ0n) is 9.37. The van der Waals surface area contributed by atoms with E-state index in [1.165, 1.54) is 11.8 Å². The summed E-state index contributed by atoms with van der Waals surface area (Å²) in [6, 6.07) is 0.421. The molecule has 94 valence electrons. The fourth-order valence-electron chi connectivity index (χ4n) is 1.32. The van der Waals surface area contributed by atoms with Gasteiger partial charge in [-0.05, 0) is 29.7 Å². The molecule has 1 aliphatic carbocycles. The monoisotopic (exact) mass is 257 g/mol. The predicted molar refractivity (Wildman–Crippen MR) is 61.5 cm³/mol. The van der Waals surface area contributed by atoms with E-state index in [4.69, 9.17) is 5.11 Å². The van der Waals surface area contributed by atoms with Crippen LogP contribution in [0.15, 0.2) is 5.16 Å². The lowest BCUT2D eigenvalue weighted by molar-refractivity contribution is -0.118. The first-order chi connectivity index (χ1) is 8.31. The van der Waals surface area contributed by atoms with Gasteiger partial charge in [-0.25, -0.2) is 4.68 Å². The molecule has 0 atom stereocenters. The molecule has 1 heterocycles. The van der Waals surface area contributed by atoms with Crippen LogP contribution in [0, 0.1) is 0 Å². The van der Waals surface area contributed by atoms with Crippen LogP contribution in [0.3, 0.4) is 0 Å². The Balaban J connectivity index is 1.73. The smallest absolute Gasteiger partial charge is 0.230 e. The molecule has 17 heavy (non-hydrogen) atoms. The minimum atomic E-state index is -0.0613. The van der Waals surface area contributed by atoms with E-state index in [0.717, 1.165) is 12.8 Å². The molecule has 0 spiro atoms. The lowest BCUT2D eigenvalue weighted by Gasteiger charge is -2.03. The molecule has 1 saturated carbocycles. The summed E-state index contributed by atoms with van der Waals surface area (Å²) < 4.78 is 1.78. The number of thioether (sulfide) groups is 1. The molecule has 1 aliphatic rings. The summed E-state index contributed by atoms with van der Waals surface area (Å²) in [7, 11) is 0. The summed E-state index contributed by atoms with van der Waals surface area (Å²) in [5, 5.41) is 23.4. The maximum atomic E-state index is 11.4. The minimum absolute atomic E-state index is 0.0613. The van der Waals surface area contributed by atoms with Crippen LogP contribution in [0.4, 0.5) is 0 Å². The molecule has 0 aromatic carbocycles. The topological polar surface area (TPSA) is 92.9 Å². The zero-order valence-corrected chi connectivity index (χ0v) is 10.2. The minimum Gasteiger partial charge on any atom is -0.396 e. The summed E-state index contributed by atoms with van der Waals surface area (Å²) in [6.07, 6.45) is 2.80. The summed E-state index contributed by atoms with van der Waals surface area (Å²) in [4.78, 5) is 11.4. The maximum Gasteiger partial charge on any atom is 0.230 e. The standard InChI is InChI=1S/C9H15N5O2S/c15-5-1-4-10-8(16)6-17-9-11-12-13-14(9)7-2-3-7/h7,15H,1-6H2,(H,10,16). The van der Waals surface area contributed by atoms with Crippen molar-refractivity contribution in [2.24, 2.45) is 0 Å². The van der Waals surface area contributed by atoms with Crippen molar-refractivity contribution in [2.45, 2.75) is 30.5 Å². The van der Waals surface area contributed by atoms with E-state index in [2.05, 4.69) is 20.8 Å². The van der Waals surface area contributed by atoms with E-state index in [-0.39, 0.29) is 12.5 Å². The number of rotatable bonds is 7. The highest BCUT2D eigenvalue weighted by atomic mass is 32.2. The average Bonchev–Trinajstić information content (AvgIpc) is 3.06. The Bertz CT molecular complexity index is 379. The molecule has 2 N–H and O–H groups in total. The largest absolute Gasteiger partial charge is 0.396 e. The number of nitrogens with zero attached hydrogens (tertiary/aromatic N) is 4. The van der Waals surface area contributed by atoms with E-state index >= 15 is 0 Å². The molecule has 1 aromatic heterocycles. The van der Waals surface area contributed by atoms with E-state index in [9.17, 15) is 4.79 Å². The van der Waals surface area contributed by atoms with Gasteiger partial charge in [0.2, 0.25) is 11.1 Å². The van der Waals surface area contributed by atoms with Gasteiger partial charge in [0.15, 0.2) is 0 Å². The van der Waals surface area contributed by atoms with Crippen molar-refractivity contribution in [1.29, 1.82) is 0 Å². The van der Waals surface area contributed by atoms with Gasteiger partial charge in [0.25, 0.3) is 0 Å². The highest BCUT2D eigenvalue weighted by Gasteiger charge is 2.28. The number of hydrogen-bond donors (Lipinski definition) is 2. The number of hydrogen-bond acceptors (Lipinski definition) is 6. The Hall–Kier alpha value is -1.15. The Morgan fingerprint density at radius 2 is 2.41 bits per heavy atom. The molecular weight excluding hydrogens is 242 g/mol. The van der Waals surface area contributed by atoms with Gasteiger partial charge in [0, 0.05) is 13.2 Å². The van der Waals surface area contributed by atoms with E-state index in [0.29, 0.717) is 29.9 Å². The van der Waals surface area contributed by atoms with Gasteiger partial charge in [0.05, 0.1) is 11.8 Å². The van der Waals surface area contributed by atoms with Gasteiger partial charge in [-0.3, -0.25) is 4.79 Å². The SMILES string of the molecule is O=C(CSc1nnnn1C1CC1)NCCCO. The van der Waals surface area contributed by atoms with Crippen molar-refractivity contribution in [3.05, 3.63) is 0 Å². The molecule has 0 bridgehead atoms. The highest BCUT2D eigenvalue weighted by Crippen LogP contribution is 2.36. The number of aromatic nitrogens is 4. The molecule has 1 fully saturated rings. The summed E-state index contributed by atoms with van der Waals surface area (Å²) in [6.45, 7) is 0.594. The van der Waals surface area contributed by atoms with Gasteiger partial charge in [0.1, 0.15) is 0 Å². The quantitative estimate of drug-likeness (QED) is 0.510. The van der Waals surface area contributed by atoms with Gasteiger partial charge < -0.3 is 10.4 Å². The van der Waals surface area contributed by atoms with Gasteiger partial charge >= 0.3 is 0 Å². The maximum absolute atomic E-state index is 11.4. The number of aliphatic hydroxyl groups excluding tert-OH is 1. The third-order valence-electron chi connectivity index (χ3n) is 2.34. The normalized spacial score (nSPS) is 14.9. The molecule has 0 saturated heterocycles. The first kappa shape index (κ1) is 12.3. The van der Waals surface area contributed by atoms with Crippen molar-refractivity contribution >= 4 is 17.7 Å². The molecule has 1 aromatic rings. The van der Waals surface area contributed by atoms with Crippen molar-refractivity contribution in [3.63, 3.8) is 0 Å². The third-order valence-corrected chi connectivity index (χ3v) is 3.28. The number of tetrazole rings is 1. The number of aliphatic hydroxyl groups is 1. The van der Waals surface area contributed by atoms with Gasteiger partial charge in [-0.1, -0.05) is 11.8 Å². The molecule has 1 amide bonds. The Kier molecular flexibility index (Phi) is 4.32. The van der Waals surface area contributed by atoms with Crippen molar-refractivity contribution in [2.75, 3.05) is 18.9 Å². The van der Waals surface area contributed by atoms with Gasteiger partial charge in [-0.2, -0.15) is 0 Å². The first-order valence-electron chi connectivity index (χ1n) is 5.59. The summed E-state index contributed by atoms with van der Waals surface area (Å²) in [5.74, 6) is 0.243. The van der Waals surface area contributed by atoms with Gasteiger partial charge in [-0.15, -0.1) is 5.10 Å². The molecule has 7 nitrogen and oxygen atoms in total.